The van der Waals surface area contributed by atoms with Crippen LogP contribution in [0.25, 0.3) is 0 Å². The highest BCUT2D eigenvalue weighted by atomic mass is 35.5. The number of amides is 3. The molecule has 0 radical (unpaired) electrons. The standard InChI is InChI=1S/C24H21ClN4O4/c1-14-20-18(26-28-23(31)16-10-5-6-11-17(16)25)12-7-13-19(20)33-21(14)24(32)29-27-22(30)15-8-3-2-4-9-15/h2-6,8-11H,7,12-13H2,1H3,(H,27,30)(H,28,31)(H,29,32)/b26-18+. The van der Waals surface area contributed by atoms with E-state index < -0.39 is 17.7 Å². The Bertz CT molecular complexity index is 1250. The molecule has 3 amide bonds. The Morgan fingerprint density at radius 1 is 0.909 bits per heavy atom. The van der Waals surface area contributed by atoms with Crippen molar-refractivity contribution < 1.29 is 18.8 Å². The van der Waals surface area contributed by atoms with Crippen LogP contribution in [0.2, 0.25) is 5.02 Å². The van der Waals surface area contributed by atoms with E-state index in [2.05, 4.69) is 21.4 Å². The average molecular weight is 465 g/mol. The molecule has 3 aromatic rings. The molecule has 8 nitrogen and oxygen atoms in total. The van der Waals surface area contributed by atoms with E-state index in [1.54, 1.807) is 61.5 Å². The minimum absolute atomic E-state index is 0.0837. The summed E-state index contributed by atoms with van der Waals surface area (Å²) in [6, 6.07) is 15.2. The summed E-state index contributed by atoms with van der Waals surface area (Å²) < 4.78 is 5.80. The Morgan fingerprint density at radius 2 is 1.61 bits per heavy atom. The number of hydrazone groups is 1. The smallest absolute Gasteiger partial charge is 0.305 e. The lowest BCUT2D eigenvalue weighted by Crippen LogP contribution is -2.41. The van der Waals surface area contributed by atoms with Gasteiger partial charge in [0, 0.05) is 23.1 Å². The average Bonchev–Trinajstić information content (AvgIpc) is 3.18. The Balaban J connectivity index is 1.49. The first kappa shape index (κ1) is 22.3. The Labute approximate surface area is 195 Å². The van der Waals surface area contributed by atoms with Crippen molar-refractivity contribution in [2.45, 2.75) is 26.2 Å². The minimum Gasteiger partial charge on any atom is -0.455 e. The van der Waals surface area contributed by atoms with Crippen LogP contribution in [0.4, 0.5) is 0 Å². The predicted octanol–water partition coefficient (Wildman–Crippen LogP) is 3.79. The van der Waals surface area contributed by atoms with Crippen molar-refractivity contribution in [1.29, 1.82) is 0 Å². The first-order valence-electron chi connectivity index (χ1n) is 10.4. The Hall–Kier alpha value is -3.91. The summed E-state index contributed by atoms with van der Waals surface area (Å²) in [4.78, 5) is 37.3. The number of furan rings is 1. The van der Waals surface area contributed by atoms with E-state index in [9.17, 15) is 14.4 Å². The summed E-state index contributed by atoms with van der Waals surface area (Å²) in [5.74, 6) is -0.750. The van der Waals surface area contributed by atoms with Crippen LogP contribution in [0, 0.1) is 6.92 Å². The van der Waals surface area contributed by atoms with Gasteiger partial charge in [-0.3, -0.25) is 25.2 Å². The third-order valence-electron chi connectivity index (χ3n) is 5.27. The molecule has 0 unspecified atom stereocenters. The summed E-state index contributed by atoms with van der Waals surface area (Å²) in [6.07, 6.45) is 2.01. The molecule has 1 aliphatic rings. The van der Waals surface area contributed by atoms with Crippen LogP contribution in [0.1, 0.15) is 61.0 Å². The molecule has 0 fully saturated rings. The monoisotopic (exact) mass is 464 g/mol. The third kappa shape index (κ3) is 4.80. The van der Waals surface area contributed by atoms with Gasteiger partial charge in [0.25, 0.3) is 11.8 Å². The number of benzene rings is 2. The van der Waals surface area contributed by atoms with Gasteiger partial charge in [-0.2, -0.15) is 5.10 Å². The van der Waals surface area contributed by atoms with Gasteiger partial charge in [0.2, 0.25) is 0 Å². The fourth-order valence-corrected chi connectivity index (χ4v) is 3.87. The number of carbonyl (C=O) groups excluding carboxylic acids is 3. The van der Waals surface area contributed by atoms with Crippen molar-refractivity contribution in [3.63, 3.8) is 0 Å². The lowest BCUT2D eigenvalue weighted by molar-refractivity contribution is 0.0829. The van der Waals surface area contributed by atoms with E-state index in [1.165, 1.54) is 0 Å². The molecule has 0 spiro atoms. The molecule has 1 aromatic heterocycles. The Kier molecular flexibility index (Phi) is 6.55. The molecule has 0 atom stereocenters. The molecule has 0 bridgehead atoms. The molecule has 0 saturated carbocycles. The second-order valence-electron chi connectivity index (χ2n) is 7.46. The number of halogens is 1. The third-order valence-corrected chi connectivity index (χ3v) is 5.60. The first-order valence-corrected chi connectivity index (χ1v) is 10.7. The maximum atomic E-state index is 12.7. The molecule has 4 rings (SSSR count). The summed E-state index contributed by atoms with van der Waals surface area (Å²) in [6.45, 7) is 1.74. The van der Waals surface area contributed by atoms with Gasteiger partial charge in [-0.1, -0.05) is 41.9 Å². The van der Waals surface area contributed by atoms with Crippen molar-refractivity contribution in [3.05, 3.63) is 93.4 Å². The number of fused-ring (bicyclic) bond motifs is 1. The number of hydrogen-bond acceptors (Lipinski definition) is 5. The normalized spacial score (nSPS) is 13.8. The maximum absolute atomic E-state index is 12.7. The van der Waals surface area contributed by atoms with E-state index in [1.807, 2.05) is 0 Å². The van der Waals surface area contributed by atoms with Gasteiger partial charge in [-0.15, -0.1) is 0 Å². The SMILES string of the molecule is Cc1c(C(=O)NNC(=O)c2ccccc2)oc2c1/C(=N/NC(=O)c1ccccc1Cl)CCC2. The summed E-state index contributed by atoms with van der Waals surface area (Å²) in [5.41, 5.74) is 9.93. The molecule has 33 heavy (non-hydrogen) atoms. The van der Waals surface area contributed by atoms with Crippen LogP contribution in [-0.2, 0) is 6.42 Å². The Morgan fingerprint density at radius 3 is 2.36 bits per heavy atom. The highest BCUT2D eigenvalue weighted by molar-refractivity contribution is 6.33. The summed E-state index contributed by atoms with van der Waals surface area (Å²) >= 11 is 6.08. The molecular formula is C24H21ClN4O4. The van der Waals surface area contributed by atoms with Gasteiger partial charge < -0.3 is 4.42 Å². The molecule has 1 heterocycles. The highest BCUT2D eigenvalue weighted by Crippen LogP contribution is 2.30. The van der Waals surface area contributed by atoms with Crippen LogP contribution in [-0.4, -0.2) is 23.4 Å². The lowest BCUT2D eigenvalue weighted by atomic mass is 9.93. The summed E-state index contributed by atoms with van der Waals surface area (Å²) in [7, 11) is 0. The number of hydrazine groups is 1. The van der Waals surface area contributed by atoms with E-state index in [0.717, 1.165) is 6.42 Å². The topological polar surface area (TPSA) is 113 Å². The van der Waals surface area contributed by atoms with Crippen LogP contribution in [0.5, 0.6) is 0 Å². The lowest BCUT2D eigenvalue weighted by Gasteiger charge is -2.13. The van der Waals surface area contributed by atoms with Crippen LogP contribution in [0.3, 0.4) is 0 Å². The molecule has 3 N–H and O–H groups in total. The van der Waals surface area contributed by atoms with Crippen molar-refractivity contribution >= 4 is 35.0 Å². The molecule has 0 saturated heterocycles. The van der Waals surface area contributed by atoms with Gasteiger partial charge in [0.15, 0.2) is 5.76 Å². The number of carbonyl (C=O) groups is 3. The van der Waals surface area contributed by atoms with Crippen molar-refractivity contribution in [1.82, 2.24) is 16.3 Å². The molecular weight excluding hydrogens is 444 g/mol. The molecule has 168 valence electrons. The minimum atomic E-state index is -0.578. The zero-order valence-corrected chi connectivity index (χ0v) is 18.5. The van der Waals surface area contributed by atoms with Gasteiger partial charge in [-0.05, 0) is 44.0 Å². The second kappa shape index (κ2) is 9.70. The predicted molar refractivity (Wildman–Crippen MR) is 123 cm³/mol. The second-order valence-corrected chi connectivity index (χ2v) is 7.87. The van der Waals surface area contributed by atoms with Gasteiger partial charge in [0.1, 0.15) is 5.76 Å². The van der Waals surface area contributed by atoms with Crippen LogP contribution < -0.4 is 16.3 Å². The molecule has 0 aliphatic heterocycles. The largest absolute Gasteiger partial charge is 0.455 e. The summed E-state index contributed by atoms with van der Waals surface area (Å²) in [5, 5.41) is 4.62. The van der Waals surface area contributed by atoms with Crippen LogP contribution in [0.15, 0.2) is 64.1 Å². The van der Waals surface area contributed by atoms with Gasteiger partial charge in [-0.25, -0.2) is 5.43 Å². The number of rotatable bonds is 4. The number of nitrogens with zero attached hydrogens (tertiary/aromatic N) is 1. The first-order chi connectivity index (χ1) is 16.0. The molecule has 2 aromatic carbocycles. The fourth-order valence-electron chi connectivity index (χ4n) is 3.65. The molecule has 1 aliphatic carbocycles. The highest BCUT2D eigenvalue weighted by Gasteiger charge is 2.28. The zero-order valence-electron chi connectivity index (χ0n) is 17.8. The number of aryl methyl sites for hydroxylation is 1. The van der Waals surface area contributed by atoms with E-state index in [4.69, 9.17) is 16.0 Å². The zero-order chi connectivity index (χ0) is 23.4. The quantitative estimate of drug-likeness (QED) is 0.510. The van der Waals surface area contributed by atoms with E-state index in [-0.39, 0.29) is 5.76 Å². The van der Waals surface area contributed by atoms with Crippen molar-refractivity contribution in [2.24, 2.45) is 5.10 Å². The van der Waals surface area contributed by atoms with E-state index in [0.29, 0.717) is 51.6 Å². The molecule has 9 heteroatoms. The van der Waals surface area contributed by atoms with Crippen molar-refractivity contribution in [3.8, 4) is 0 Å². The van der Waals surface area contributed by atoms with Crippen molar-refractivity contribution in [2.75, 3.05) is 0 Å². The number of hydrogen-bond donors (Lipinski definition) is 3. The van der Waals surface area contributed by atoms with E-state index >= 15 is 0 Å². The maximum Gasteiger partial charge on any atom is 0.305 e. The number of nitrogens with one attached hydrogen (secondary N) is 3. The van der Waals surface area contributed by atoms with Gasteiger partial charge in [0.05, 0.1) is 16.3 Å². The fraction of sp³-hybridized carbons (Fsp3) is 0.167. The van der Waals surface area contributed by atoms with Gasteiger partial charge >= 0.3 is 5.91 Å². The van der Waals surface area contributed by atoms with Crippen LogP contribution >= 0.6 is 11.6 Å².